The van der Waals surface area contributed by atoms with E-state index in [1.54, 1.807) is 0 Å². The van der Waals surface area contributed by atoms with Crippen molar-refractivity contribution in [3.63, 3.8) is 0 Å². The number of hydrogen-bond donors (Lipinski definition) is 2. The van der Waals surface area contributed by atoms with Gasteiger partial charge >= 0.3 is 0 Å². The first-order valence-electron chi connectivity index (χ1n) is 7.91. The van der Waals surface area contributed by atoms with E-state index in [0.29, 0.717) is 0 Å². The second-order valence-corrected chi connectivity index (χ2v) is 6.88. The normalized spacial score (nSPS) is 25.9. The van der Waals surface area contributed by atoms with Crippen LogP contribution >= 0.6 is 0 Å². The molecule has 3 atom stereocenters. The number of nitrogens with one attached hydrogen (secondary N) is 2. The van der Waals surface area contributed by atoms with Crippen LogP contribution in [0.5, 0.6) is 0 Å². The summed E-state index contributed by atoms with van der Waals surface area (Å²) >= 11 is 0. The molecule has 0 saturated heterocycles. The van der Waals surface area contributed by atoms with Crippen molar-refractivity contribution < 1.29 is 4.79 Å². The van der Waals surface area contributed by atoms with Gasteiger partial charge in [0, 0.05) is 5.54 Å². The lowest BCUT2D eigenvalue weighted by Gasteiger charge is -2.31. The van der Waals surface area contributed by atoms with Gasteiger partial charge in [0.2, 0.25) is 5.91 Å². The van der Waals surface area contributed by atoms with Crippen molar-refractivity contribution >= 4 is 5.91 Å². The lowest BCUT2D eigenvalue weighted by atomic mass is 9.80. The number of carbonyl (C=O) groups excluding carboxylic acids is 1. The van der Waals surface area contributed by atoms with Crippen LogP contribution in [0.1, 0.15) is 66.7 Å². The van der Waals surface area contributed by atoms with E-state index in [1.807, 2.05) is 6.92 Å². The monoisotopic (exact) mass is 268 g/mol. The highest BCUT2D eigenvalue weighted by atomic mass is 16.2. The average Bonchev–Trinajstić information content (AvgIpc) is 2.37. The number of hydrogen-bond acceptors (Lipinski definition) is 2. The third-order valence-electron chi connectivity index (χ3n) is 4.71. The van der Waals surface area contributed by atoms with Gasteiger partial charge in [0.15, 0.2) is 0 Å². The molecule has 0 heterocycles. The standard InChI is InChI=1S/C16H32N2O/c1-6-16(4,5)18-15(19)13(3)17-11-14-10-8-7-9-12(14)2/h12-14,17H,6-11H2,1-5H3,(H,18,19). The Labute approximate surface area is 118 Å². The van der Waals surface area contributed by atoms with Gasteiger partial charge in [-0.25, -0.2) is 0 Å². The SMILES string of the molecule is CCC(C)(C)NC(=O)C(C)NCC1CCCCC1C. The molecule has 3 nitrogen and oxygen atoms in total. The molecule has 0 aromatic carbocycles. The summed E-state index contributed by atoms with van der Waals surface area (Å²) < 4.78 is 0. The molecule has 1 aliphatic carbocycles. The zero-order chi connectivity index (χ0) is 14.5. The molecule has 19 heavy (non-hydrogen) atoms. The number of carbonyl (C=O) groups is 1. The lowest BCUT2D eigenvalue weighted by molar-refractivity contribution is -0.124. The summed E-state index contributed by atoms with van der Waals surface area (Å²) in [7, 11) is 0. The van der Waals surface area contributed by atoms with E-state index < -0.39 is 0 Å². The largest absolute Gasteiger partial charge is 0.350 e. The minimum absolute atomic E-state index is 0.0973. The minimum atomic E-state index is -0.106. The zero-order valence-corrected chi connectivity index (χ0v) is 13.4. The summed E-state index contributed by atoms with van der Waals surface area (Å²) in [5.74, 6) is 1.65. The van der Waals surface area contributed by atoms with Crippen molar-refractivity contribution in [1.82, 2.24) is 10.6 Å². The molecule has 0 aromatic heterocycles. The van der Waals surface area contributed by atoms with Gasteiger partial charge in [0.1, 0.15) is 0 Å². The van der Waals surface area contributed by atoms with E-state index in [9.17, 15) is 4.79 Å². The molecule has 3 heteroatoms. The molecule has 1 saturated carbocycles. The maximum atomic E-state index is 12.1. The fourth-order valence-corrected chi connectivity index (χ4v) is 2.65. The first-order chi connectivity index (χ1) is 8.85. The van der Waals surface area contributed by atoms with E-state index in [4.69, 9.17) is 0 Å². The molecule has 0 aliphatic heterocycles. The molecule has 0 bridgehead atoms. The van der Waals surface area contributed by atoms with Gasteiger partial charge in [0.25, 0.3) is 0 Å². The van der Waals surface area contributed by atoms with Crippen LogP contribution in [0.2, 0.25) is 0 Å². The van der Waals surface area contributed by atoms with Gasteiger partial charge < -0.3 is 10.6 Å². The molecular formula is C16H32N2O. The summed E-state index contributed by atoms with van der Waals surface area (Å²) in [6.07, 6.45) is 6.32. The Morgan fingerprint density at radius 2 is 1.95 bits per heavy atom. The van der Waals surface area contributed by atoms with Crippen LogP contribution in [0.25, 0.3) is 0 Å². The van der Waals surface area contributed by atoms with Crippen molar-refractivity contribution in [3.05, 3.63) is 0 Å². The van der Waals surface area contributed by atoms with Gasteiger partial charge in [-0.05, 0) is 52.0 Å². The van der Waals surface area contributed by atoms with Crippen molar-refractivity contribution in [2.24, 2.45) is 11.8 Å². The van der Waals surface area contributed by atoms with Crippen LogP contribution in [0.15, 0.2) is 0 Å². The Hall–Kier alpha value is -0.570. The summed E-state index contributed by atoms with van der Waals surface area (Å²) in [5.41, 5.74) is -0.106. The second kappa shape index (κ2) is 7.28. The van der Waals surface area contributed by atoms with Gasteiger partial charge in [-0.2, -0.15) is 0 Å². The Morgan fingerprint density at radius 1 is 1.32 bits per heavy atom. The van der Waals surface area contributed by atoms with Crippen LogP contribution in [-0.2, 0) is 4.79 Å². The summed E-state index contributed by atoms with van der Waals surface area (Å²) in [5, 5.41) is 6.52. The van der Waals surface area contributed by atoms with Crippen molar-refractivity contribution in [3.8, 4) is 0 Å². The molecule has 0 radical (unpaired) electrons. The molecule has 2 N–H and O–H groups in total. The summed E-state index contributed by atoms with van der Waals surface area (Å²) in [6, 6.07) is -0.0973. The highest BCUT2D eigenvalue weighted by Gasteiger charge is 2.24. The third-order valence-corrected chi connectivity index (χ3v) is 4.71. The average molecular weight is 268 g/mol. The topological polar surface area (TPSA) is 41.1 Å². The Balaban J connectivity index is 2.33. The molecule has 112 valence electrons. The van der Waals surface area contributed by atoms with Gasteiger partial charge in [0.05, 0.1) is 6.04 Å². The summed E-state index contributed by atoms with van der Waals surface area (Å²) in [6.45, 7) is 11.5. The highest BCUT2D eigenvalue weighted by Crippen LogP contribution is 2.28. The maximum Gasteiger partial charge on any atom is 0.237 e. The first kappa shape index (κ1) is 16.5. The van der Waals surface area contributed by atoms with Crippen LogP contribution in [0, 0.1) is 11.8 Å². The Kier molecular flexibility index (Phi) is 6.31. The molecule has 1 amide bonds. The van der Waals surface area contributed by atoms with Crippen LogP contribution < -0.4 is 10.6 Å². The van der Waals surface area contributed by atoms with Gasteiger partial charge in [-0.15, -0.1) is 0 Å². The quantitative estimate of drug-likeness (QED) is 0.777. The molecule has 1 rings (SSSR count). The molecule has 1 fully saturated rings. The van der Waals surface area contributed by atoms with E-state index in [0.717, 1.165) is 24.8 Å². The van der Waals surface area contributed by atoms with E-state index in [1.165, 1.54) is 25.7 Å². The predicted molar refractivity (Wildman–Crippen MR) is 81.1 cm³/mol. The molecule has 1 aliphatic rings. The lowest BCUT2D eigenvalue weighted by Crippen LogP contribution is -2.51. The van der Waals surface area contributed by atoms with E-state index in [2.05, 4.69) is 38.3 Å². The summed E-state index contributed by atoms with van der Waals surface area (Å²) in [4.78, 5) is 12.1. The smallest absolute Gasteiger partial charge is 0.237 e. The Bertz CT molecular complexity index is 288. The number of rotatable bonds is 6. The van der Waals surface area contributed by atoms with Gasteiger partial charge in [-0.3, -0.25) is 4.79 Å². The van der Waals surface area contributed by atoms with E-state index in [-0.39, 0.29) is 17.5 Å². The first-order valence-corrected chi connectivity index (χ1v) is 7.91. The Morgan fingerprint density at radius 3 is 2.53 bits per heavy atom. The van der Waals surface area contributed by atoms with Gasteiger partial charge in [-0.1, -0.05) is 33.1 Å². The predicted octanol–water partition coefficient (Wildman–Crippen LogP) is 3.10. The van der Waals surface area contributed by atoms with Crippen LogP contribution in [0.3, 0.4) is 0 Å². The third kappa shape index (κ3) is 5.52. The van der Waals surface area contributed by atoms with Crippen molar-refractivity contribution in [2.75, 3.05) is 6.54 Å². The molecule has 3 unspecified atom stereocenters. The second-order valence-electron chi connectivity index (χ2n) is 6.88. The van der Waals surface area contributed by atoms with Crippen LogP contribution in [0.4, 0.5) is 0 Å². The number of amides is 1. The zero-order valence-electron chi connectivity index (χ0n) is 13.4. The van der Waals surface area contributed by atoms with E-state index >= 15 is 0 Å². The fourth-order valence-electron chi connectivity index (χ4n) is 2.65. The highest BCUT2D eigenvalue weighted by molar-refractivity contribution is 5.81. The minimum Gasteiger partial charge on any atom is -0.350 e. The molecule has 0 aromatic rings. The van der Waals surface area contributed by atoms with Crippen LogP contribution in [-0.4, -0.2) is 24.0 Å². The van der Waals surface area contributed by atoms with Crippen molar-refractivity contribution in [1.29, 1.82) is 0 Å². The molecule has 0 spiro atoms. The fraction of sp³-hybridized carbons (Fsp3) is 0.938. The molecular weight excluding hydrogens is 236 g/mol. The maximum absolute atomic E-state index is 12.1. The van der Waals surface area contributed by atoms with Crippen molar-refractivity contribution in [2.45, 2.75) is 78.3 Å².